The number of aliphatic hydroxyl groups is 1. The lowest BCUT2D eigenvalue weighted by atomic mass is 9.79. The Morgan fingerprint density at radius 1 is 1.22 bits per heavy atom. The van der Waals surface area contributed by atoms with Gasteiger partial charge in [0, 0.05) is 5.56 Å². The van der Waals surface area contributed by atoms with Gasteiger partial charge in [-0.15, -0.1) is 0 Å². The van der Waals surface area contributed by atoms with Crippen molar-refractivity contribution in [1.82, 2.24) is 0 Å². The summed E-state index contributed by atoms with van der Waals surface area (Å²) in [7, 11) is 0. The van der Waals surface area contributed by atoms with Gasteiger partial charge in [-0.25, -0.2) is 0 Å². The van der Waals surface area contributed by atoms with Crippen LogP contribution in [-0.2, 0) is 4.74 Å². The van der Waals surface area contributed by atoms with Gasteiger partial charge in [0.2, 0.25) is 0 Å². The fraction of sp³-hybridized carbons (Fsp3) is 0.462. The molecule has 0 saturated carbocycles. The Morgan fingerprint density at radius 3 is 2.56 bits per heavy atom. The van der Waals surface area contributed by atoms with E-state index in [1.807, 2.05) is 0 Å². The fourth-order valence-corrected chi connectivity index (χ4v) is 2.13. The first-order valence-electron chi connectivity index (χ1n) is 5.88. The number of aliphatic hydroxyl groups excluding tert-OH is 1. The monoisotopic (exact) mass is 250 g/mol. The van der Waals surface area contributed by atoms with Crippen LogP contribution in [0.3, 0.4) is 0 Å². The summed E-state index contributed by atoms with van der Waals surface area (Å²) in [6.07, 6.45) is 0. The second kappa shape index (κ2) is 4.26. The molecule has 0 radical (unpaired) electrons. The van der Waals surface area contributed by atoms with Crippen LogP contribution in [0.5, 0.6) is 11.5 Å². The Hall–Kier alpha value is -1.59. The molecule has 2 heterocycles. The molecule has 0 aromatic heterocycles. The Bertz CT molecular complexity index is 473. The number of hydrogen-bond donors (Lipinski definition) is 1. The van der Waals surface area contributed by atoms with E-state index in [4.69, 9.17) is 14.2 Å². The van der Waals surface area contributed by atoms with Crippen LogP contribution < -0.4 is 9.47 Å². The molecule has 2 aliphatic heterocycles. The Balaban J connectivity index is 1.90. The molecule has 1 fully saturated rings. The topological polar surface area (TPSA) is 65.0 Å². The molecule has 18 heavy (non-hydrogen) atoms. The first-order chi connectivity index (χ1) is 8.75. The van der Waals surface area contributed by atoms with E-state index in [-0.39, 0.29) is 25.6 Å². The highest BCUT2D eigenvalue weighted by molar-refractivity contribution is 6.01. The van der Waals surface area contributed by atoms with Crippen molar-refractivity contribution >= 4 is 5.78 Å². The van der Waals surface area contributed by atoms with Gasteiger partial charge in [-0.2, -0.15) is 0 Å². The standard InChI is InChI=1S/C13H14O5/c14-6-13(7-16-8-13)12(15)9-1-2-10-11(5-9)18-4-3-17-10/h1-2,5,14H,3-4,6-8H2. The van der Waals surface area contributed by atoms with Crippen molar-refractivity contribution in [3.05, 3.63) is 23.8 Å². The average molecular weight is 250 g/mol. The molecular weight excluding hydrogens is 236 g/mol. The summed E-state index contributed by atoms with van der Waals surface area (Å²) in [6, 6.07) is 5.10. The van der Waals surface area contributed by atoms with Gasteiger partial charge in [-0.05, 0) is 18.2 Å². The average Bonchev–Trinajstić information content (AvgIpc) is 2.37. The minimum absolute atomic E-state index is 0.103. The Labute approximate surface area is 104 Å². The lowest BCUT2D eigenvalue weighted by Crippen LogP contribution is -2.51. The zero-order chi connectivity index (χ0) is 12.6. The molecule has 1 N–H and O–H groups in total. The predicted molar refractivity (Wildman–Crippen MR) is 62.1 cm³/mol. The van der Waals surface area contributed by atoms with E-state index in [0.717, 1.165) is 0 Å². The zero-order valence-electron chi connectivity index (χ0n) is 9.85. The van der Waals surface area contributed by atoms with Crippen LogP contribution in [0.4, 0.5) is 0 Å². The van der Waals surface area contributed by atoms with Gasteiger partial charge < -0.3 is 19.3 Å². The number of carbonyl (C=O) groups excluding carboxylic acids is 1. The third kappa shape index (κ3) is 1.67. The van der Waals surface area contributed by atoms with Gasteiger partial charge in [-0.3, -0.25) is 4.79 Å². The van der Waals surface area contributed by atoms with Gasteiger partial charge in [-0.1, -0.05) is 0 Å². The molecule has 0 amide bonds. The maximum Gasteiger partial charge on any atom is 0.176 e. The normalized spacial score (nSPS) is 20.1. The van der Waals surface area contributed by atoms with Crippen LogP contribution in [0, 0.1) is 5.41 Å². The summed E-state index contributed by atoms with van der Waals surface area (Å²) in [5.41, 5.74) is -0.249. The zero-order valence-corrected chi connectivity index (χ0v) is 9.85. The molecular formula is C13H14O5. The molecule has 0 bridgehead atoms. The molecule has 2 aliphatic rings. The number of hydrogen-bond acceptors (Lipinski definition) is 5. The minimum atomic E-state index is -0.774. The highest BCUT2D eigenvalue weighted by Gasteiger charge is 2.45. The van der Waals surface area contributed by atoms with Crippen LogP contribution >= 0.6 is 0 Å². The largest absolute Gasteiger partial charge is 0.486 e. The molecule has 1 aromatic carbocycles. The van der Waals surface area contributed by atoms with E-state index >= 15 is 0 Å². The molecule has 0 atom stereocenters. The van der Waals surface area contributed by atoms with Crippen molar-refractivity contribution in [2.24, 2.45) is 5.41 Å². The number of carbonyl (C=O) groups is 1. The molecule has 0 unspecified atom stereocenters. The Kier molecular flexibility index (Phi) is 2.72. The second-order valence-electron chi connectivity index (χ2n) is 4.62. The van der Waals surface area contributed by atoms with Gasteiger partial charge in [0.1, 0.15) is 18.6 Å². The van der Waals surface area contributed by atoms with E-state index < -0.39 is 5.41 Å². The molecule has 3 rings (SSSR count). The molecule has 0 spiro atoms. The highest BCUT2D eigenvalue weighted by Crippen LogP contribution is 2.35. The van der Waals surface area contributed by atoms with Crippen LogP contribution in [0.2, 0.25) is 0 Å². The molecule has 1 saturated heterocycles. The maximum absolute atomic E-state index is 12.3. The Morgan fingerprint density at radius 2 is 1.94 bits per heavy atom. The molecule has 0 aliphatic carbocycles. The number of fused-ring (bicyclic) bond motifs is 1. The minimum Gasteiger partial charge on any atom is -0.486 e. The third-order valence-electron chi connectivity index (χ3n) is 3.35. The van der Waals surface area contributed by atoms with Crippen LogP contribution in [0.25, 0.3) is 0 Å². The fourth-order valence-electron chi connectivity index (χ4n) is 2.13. The van der Waals surface area contributed by atoms with Gasteiger partial charge >= 0.3 is 0 Å². The van der Waals surface area contributed by atoms with Crippen molar-refractivity contribution in [1.29, 1.82) is 0 Å². The molecule has 1 aromatic rings. The number of rotatable bonds is 3. The van der Waals surface area contributed by atoms with E-state index in [2.05, 4.69) is 0 Å². The summed E-state index contributed by atoms with van der Waals surface area (Å²) in [4.78, 5) is 12.3. The van der Waals surface area contributed by atoms with Crippen LogP contribution in [-0.4, -0.2) is 43.9 Å². The number of Topliss-reactive ketones (excluding diaryl/α,β-unsaturated/α-hetero) is 1. The molecule has 5 nitrogen and oxygen atoms in total. The third-order valence-corrected chi connectivity index (χ3v) is 3.35. The maximum atomic E-state index is 12.3. The van der Waals surface area contributed by atoms with Crippen molar-refractivity contribution < 1.29 is 24.1 Å². The van der Waals surface area contributed by atoms with Gasteiger partial charge in [0.15, 0.2) is 17.3 Å². The summed E-state index contributed by atoms with van der Waals surface area (Å²) >= 11 is 0. The van der Waals surface area contributed by atoms with Gasteiger partial charge in [0.25, 0.3) is 0 Å². The first kappa shape index (κ1) is 11.5. The first-order valence-corrected chi connectivity index (χ1v) is 5.88. The van der Waals surface area contributed by atoms with Crippen LogP contribution in [0.15, 0.2) is 18.2 Å². The highest BCUT2D eigenvalue weighted by atomic mass is 16.6. The summed E-state index contributed by atoms with van der Waals surface area (Å²) in [6.45, 7) is 1.36. The molecule has 96 valence electrons. The van der Waals surface area contributed by atoms with E-state index in [1.54, 1.807) is 18.2 Å². The SMILES string of the molecule is O=C(c1ccc2c(c1)OCCO2)C1(CO)COC1. The van der Waals surface area contributed by atoms with Gasteiger partial charge in [0.05, 0.1) is 19.8 Å². The van der Waals surface area contributed by atoms with E-state index in [9.17, 15) is 9.90 Å². The summed E-state index contributed by atoms with van der Waals surface area (Å²) in [5, 5.41) is 9.35. The lowest BCUT2D eigenvalue weighted by Gasteiger charge is -2.38. The smallest absolute Gasteiger partial charge is 0.176 e. The predicted octanol–water partition coefficient (Wildman–Crippen LogP) is 0.649. The summed E-state index contributed by atoms with van der Waals surface area (Å²) in [5.74, 6) is 1.13. The van der Waals surface area contributed by atoms with Crippen molar-refractivity contribution in [3.63, 3.8) is 0 Å². The quantitative estimate of drug-likeness (QED) is 0.798. The number of ether oxygens (including phenoxy) is 3. The second-order valence-corrected chi connectivity index (χ2v) is 4.62. The van der Waals surface area contributed by atoms with Crippen molar-refractivity contribution in [2.45, 2.75) is 0 Å². The number of benzene rings is 1. The van der Waals surface area contributed by atoms with Crippen LogP contribution in [0.1, 0.15) is 10.4 Å². The summed E-state index contributed by atoms with van der Waals surface area (Å²) < 4.78 is 15.9. The van der Waals surface area contributed by atoms with E-state index in [0.29, 0.717) is 30.3 Å². The van der Waals surface area contributed by atoms with Crippen molar-refractivity contribution in [3.8, 4) is 11.5 Å². The van der Waals surface area contributed by atoms with E-state index in [1.165, 1.54) is 0 Å². The van der Waals surface area contributed by atoms with Crippen molar-refractivity contribution in [2.75, 3.05) is 33.0 Å². The number of ketones is 1. The molecule has 5 heteroatoms. The lowest BCUT2D eigenvalue weighted by molar-refractivity contribution is -0.109.